The normalized spacial score (nSPS) is 22.4. The van der Waals surface area contributed by atoms with Crippen LogP contribution in [-0.4, -0.2) is 0 Å². The van der Waals surface area contributed by atoms with Gasteiger partial charge in [-0.15, -0.1) is 0 Å². The van der Waals surface area contributed by atoms with E-state index in [1.807, 2.05) is 0 Å². The molecule has 21 heavy (non-hydrogen) atoms. The van der Waals surface area contributed by atoms with Crippen molar-refractivity contribution in [3.63, 3.8) is 0 Å². The van der Waals surface area contributed by atoms with Gasteiger partial charge in [0.15, 0.2) is 0 Å². The summed E-state index contributed by atoms with van der Waals surface area (Å²) in [6.07, 6.45) is 10.1. The summed E-state index contributed by atoms with van der Waals surface area (Å²) in [5, 5.41) is 0. The zero-order valence-electron chi connectivity index (χ0n) is 14.2. The second-order valence-electron chi connectivity index (χ2n) is 7.01. The SMILES string of the molecule is CCCCCc1c[c]c(C2C=C(C)CCC2C(C)C)[c]c1. The summed E-state index contributed by atoms with van der Waals surface area (Å²) in [5.41, 5.74) is 4.20. The molecular formula is C21H30. The molecule has 0 aliphatic heterocycles. The largest absolute Gasteiger partial charge is 0.0777 e. The van der Waals surface area contributed by atoms with Crippen LogP contribution in [0.5, 0.6) is 0 Å². The van der Waals surface area contributed by atoms with Gasteiger partial charge in [-0.05, 0) is 67.7 Å². The third-order valence-electron chi connectivity index (χ3n) is 4.88. The third kappa shape index (κ3) is 4.46. The molecule has 0 saturated heterocycles. The lowest BCUT2D eigenvalue weighted by Gasteiger charge is -2.32. The monoisotopic (exact) mass is 282 g/mol. The van der Waals surface area contributed by atoms with Gasteiger partial charge in [0.05, 0.1) is 0 Å². The van der Waals surface area contributed by atoms with E-state index < -0.39 is 0 Å². The van der Waals surface area contributed by atoms with Crippen molar-refractivity contribution >= 4 is 0 Å². The summed E-state index contributed by atoms with van der Waals surface area (Å²) in [5.74, 6) is 1.99. The molecule has 1 aliphatic carbocycles. The first-order valence-corrected chi connectivity index (χ1v) is 8.71. The Hall–Kier alpha value is -1.04. The van der Waals surface area contributed by atoms with Crippen molar-refractivity contribution < 1.29 is 0 Å². The number of aryl methyl sites for hydroxylation is 1. The van der Waals surface area contributed by atoms with Crippen molar-refractivity contribution in [2.45, 2.75) is 72.1 Å². The van der Waals surface area contributed by atoms with Crippen molar-refractivity contribution in [2.75, 3.05) is 0 Å². The fourth-order valence-corrected chi connectivity index (χ4v) is 3.47. The lowest BCUT2D eigenvalue weighted by Crippen LogP contribution is -2.21. The highest BCUT2D eigenvalue weighted by atomic mass is 14.3. The molecule has 1 aromatic carbocycles. The molecule has 0 fully saturated rings. The standard InChI is InChI=1S/C21H30/c1-5-6-7-8-18-10-12-19(13-11-18)21-15-17(4)9-14-20(21)16(2)3/h10-11,15-16,20-21H,5-9,14H2,1-4H3. The maximum absolute atomic E-state index is 3.54. The van der Waals surface area contributed by atoms with Crippen molar-refractivity contribution in [1.82, 2.24) is 0 Å². The van der Waals surface area contributed by atoms with E-state index in [-0.39, 0.29) is 0 Å². The van der Waals surface area contributed by atoms with Crippen LogP contribution < -0.4 is 0 Å². The molecule has 1 aliphatic rings. The van der Waals surface area contributed by atoms with E-state index in [4.69, 9.17) is 0 Å². The van der Waals surface area contributed by atoms with Crippen LogP contribution in [0.15, 0.2) is 23.8 Å². The van der Waals surface area contributed by atoms with Gasteiger partial charge in [-0.3, -0.25) is 0 Å². The second-order valence-corrected chi connectivity index (χ2v) is 7.01. The van der Waals surface area contributed by atoms with Crippen LogP contribution in [-0.2, 0) is 6.42 Å². The van der Waals surface area contributed by atoms with E-state index in [1.54, 1.807) is 0 Å². The van der Waals surface area contributed by atoms with Crippen LogP contribution in [0.25, 0.3) is 0 Å². The van der Waals surface area contributed by atoms with E-state index in [1.165, 1.54) is 55.2 Å². The molecule has 2 atom stereocenters. The first-order valence-electron chi connectivity index (χ1n) is 8.71. The summed E-state index contributed by atoms with van der Waals surface area (Å²) in [6.45, 7) is 9.23. The first kappa shape index (κ1) is 16.3. The summed E-state index contributed by atoms with van der Waals surface area (Å²) in [6, 6.07) is 11.5. The summed E-state index contributed by atoms with van der Waals surface area (Å²) < 4.78 is 0. The van der Waals surface area contributed by atoms with Crippen LogP contribution in [0.1, 0.15) is 76.8 Å². The predicted octanol–water partition coefficient (Wildman–Crippen LogP) is 6.12. The number of unbranched alkanes of at least 4 members (excludes halogenated alkanes) is 2. The molecule has 0 aromatic heterocycles. The van der Waals surface area contributed by atoms with E-state index >= 15 is 0 Å². The molecular weight excluding hydrogens is 252 g/mol. The third-order valence-corrected chi connectivity index (χ3v) is 4.88. The smallest absolute Gasteiger partial charge is 0.00636 e. The molecule has 1 aromatic rings. The van der Waals surface area contributed by atoms with Crippen LogP contribution in [0.3, 0.4) is 0 Å². The summed E-state index contributed by atoms with van der Waals surface area (Å²) in [7, 11) is 0. The minimum absolute atomic E-state index is 0.517. The Morgan fingerprint density at radius 3 is 2.52 bits per heavy atom. The molecule has 0 N–H and O–H groups in total. The zero-order valence-corrected chi connectivity index (χ0v) is 14.2. The van der Waals surface area contributed by atoms with Crippen LogP contribution in [0, 0.1) is 24.0 Å². The Balaban J connectivity index is 2.10. The highest BCUT2D eigenvalue weighted by Crippen LogP contribution is 2.39. The first-order chi connectivity index (χ1) is 10.1. The molecule has 0 amide bonds. The highest BCUT2D eigenvalue weighted by molar-refractivity contribution is 5.29. The van der Waals surface area contributed by atoms with Gasteiger partial charge in [-0.1, -0.05) is 57.4 Å². The predicted molar refractivity (Wildman–Crippen MR) is 91.4 cm³/mol. The van der Waals surface area contributed by atoms with E-state index in [0.29, 0.717) is 5.92 Å². The van der Waals surface area contributed by atoms with Gasteiger partial charge in [0.1, 0.15) is 0 Å². The molecule has 2 unspecified atom stereocenters. The Kier molecular flexibility index (Phi) is 6.08. The Morgan fingerprint density at radius 2 is 1.90 bits per heavy atom. The number of allylic oxidation sites excluding steroid dienone is 2. The van der Waals surface area contributed by atoms with Gasteiger partial charge in [-0.2, -0.15) is 0 Å². The van der Waals surface area contributed by atoms with Crippen molar-refractivity contribution in [1.29, 1.82) is 0 Å². The molecule has 0 saturated carbocycles. The zero-order chi connectivity index (χ0) is 15.2. The van der Waals surface area contributed by atoms with Crippen molar-refractivity contribution in [2.24, 2.45) is 11.8 Å². The fraction of sp³-hybridized carbons (Fsp3) is 0.619. The molecule has 0 bridgehead atoms. The molecule has 0 heteroatoms. The van der Waals surface area contributed by atoms with Crippen molar-refractivity contribution in [3.8, 4) is 0 Å². The van der Waals surface area contributed by atoms with Gasteiger partial charge in [0.25, 0.3) is 0 Å². The minimum Gasteiger partial charge on any atom is -0.0777 e. The summed E-state index contributed by atoms with van der Waals surface area (Å²) in [4.78, 5) is 0. The Labute approximate surface area is 131 Å². The molecule has 2 radical (unpaired) electrons. The molecule has 2 rings (SSSR count). The van der Waals surface area contributed by atoms with E-state index in [2.05, 4.69) is 58.0 Å². The minimum atomic E-state index is 0.517. The second kappa shape index (κ2) is 7.82. The van der Waals surface area contributed by atoms with Gasteiger partial charge in [0, 0.05) is 5.92 Å². The Bertz CT molecular complexity index is 449. The van der Waals surface area contributed by atoms with Crippen molar-refractivity contribution in [3.05, 3.63) is 47.0 Å². The topological polar surface area (TPSA) is 0 Å². The number of benzene rings is 1. The van der Waals surface area contributed by atoms with Gasteiger partial charge in [0.2, 0.25) is 0 Å². The van der Waals surface area contributed by atoms with Crippen LogP contribution in [0.2, 0.25) is 0 Å². The average molecular weight is 282 g/mol. The summed E-state index contributed by atoms with van der Waals surface area (Å²) >= 11 is 0. The highest BCUT2D eigenvalue weighted by Gasteiger charge is 2.27. The molecule has 0 spiro atoms. The fourth-order valence-electron chi connectivity index (χ4n) is 3.47. The van der Waals surface area contributed by atoms with Gasteiger partial charge < -0.3 is 0 Å². The van der Waals surface area contributed by atoms with Gasteiger partial charge >= 0.3 is 0 Å². The molecule has 0 nitrogen and oxygen atoms in total. The van der Waals surface area contributed by atoms with Crippen LogP contribution in [0.4, 0.5) is 0 Å². The lowest BCUT2D eigenvalue weighted by atomic mass is 9.72. The maximum Gasteiger partial charge on any atom is 0.00636 e. The van der Waals surface area contributed by atoms with E-state index in [9.17, 15) is 0 Å². The number of hydrogen-bond acceptors (Lipinski definition) is 0. The Morgan fingerprint density at radius 1 is 1.19 bits per heavy atom. The quantitative estimate of drug-likeness (QED) is 0.436. The molecule has 0 heterocycles. The number of rotatable bonds is 6. The molecule has 114 valence electrons. The maximum atomic E-state index is 3.54. The number of hydrogen-bond donors (Lipinski definition) is 0. The lowest BCUT2D eigenvalue weighted by molar-refractivity contribution is 0.315. The van der Waals surface area contributed by atoms with Gasteiger partial charge in [-0.25, -0.2) is 0 Å². The van der Waals surface area contributed by atoms with Crippen LogP contribution >= 0.6 is 0 Å². The average Bonchev–Trinajstić information content (AvgIpc) is 2.48. The van der Waals surface area contributed by atoms with E-state index in [0.717, 1.165) is 11.8 Å².